The van der Waals surface area contributed by atoms with Gasteiger partial charge in [-0.1, -0.05) is 109 Å². The van der Waals surface area contributed by atoms with Crippen LogP contribution < -0.4 is 9.80 Å². The highest BCUT2D eigenvalue weighted by Crippen LogP contribution is 2.51. The molecular weight excluding hydrogens is 450 g/mol. The normalized spacial score (nSPS) is 13.9. The van der Waals surface area contributed by atoms with Gasteiger partial charge in [0.05, 0.1) is 29.3 Å². The van der Waals surface area contributed by atoms with Crippen LogP contribution in [0.15, 0.2) is 132 Å². The Hall–Kier alpha value is -4.89. The van der Waals surface area contributed by atoms with E-state index < -0.39 is 0 Å². The highest BCUT2D eigenvalue weighted by atomic mass is 15.4. The summed E-state index contributed by atoms with van der Waals surface area (Å²) in [6.07, 6.45) is 0. The van der Waals surface area contributed by atoms with Crippen LogP contribution in [0.1, 0.15) is 5.56 Å². The number of rotatable bonds is 2. The topological polar surface area (TPSA) is 18.8 Å². The SMILES string of the molecule is c1ccc(-c2c3ccccc3c(N3C4=Nc5ccccc5CN4c4ccccc43)c3ccccc23)cc1. The highest BCUT2D eigenvalue weighted by Gasteiger charge is 2.38. The number of para-hydroxylation sites is 3. The van der Waals surface area contributed by atoms with Crippen molar-refractivity contribution in [3.8, 4) is 11.1 Å². The monoisotopic (exact) mass is 473 g/mol. The molecule has 0 spiro atoms. The Balaban J connectivity index is 1.50. The van der Waals surface area contributed by atoms with Crippen LogP contribution >= 0.6 is 0 Å². The summed E-state index contributed by atoms with van der Waals surface area (Å²) in [7, 11) is 0. The molecule has 0 fully saturated rings. The molecule has 0 N–H and O–H groups in total. The molecule has 3 nitrogen and oxygen atoms in total. The van der Waals surface area contributed by atoms with Crippen molar-refractivity contribution >= 4 is 50.3 Å². The maximum absolute atomic E-state index is 5.24. The van der Waals surface area contributed by atoms with E-state index in [2.05, 4.69) is 137 Å². The first-order valence-corrected chi connectivity index (χ1v) is 12.7. The van der Waals surface area contributed by atoms with Crippen molar-refractivity contribution in [1.29, 1.82) is 0 Å². The van der Waals surface area contributed by atoms with E-state index in [1.807, 2.05) is 0 Å². The Bertz CT molecular complexity index is 1810. The molecule has 0 bridgehead atoms. The fourth-order valence-electron chi connectivity index (χ4n) is 6.00. The van der Waals surface area contributed by atoms with Gasteiger partial charge in [-0.3, -0.25) is 4.90 Å². The van der Waals surface area contributed by atoms with E-state index in [1.54, 1.807) is 0 Å². The molecule has 0 saturated carbocycles. The number of guanidine groups is 1. The lowest BCUT2D eigenvalue weighted by atomic mass is 9.90. The van der Waals surface area contributed by atoms with Gasteiger partial charge in [0.25, 0.3) is 0 Å². The Morgan fingerprint density at radius 3 is 1.81 bits per heavy atom. The maximum Gasteiger partial charge on any atom is 0.216 e. The summed E-state index contributed by atoms with van der Waals surface area (Å²) in [6, 6.07) is 45.5. The van der Waals surface area contributed by atoms with Crippen LogP contribution in [0.3, 0.4) is 0 Å². The van der Waals surface area contributed by atoms with Gasteiger partial charge in [0.2, 0.25) is 5.96 Å². The molecule has 0 radical (unpaired) electrons. The lowest BCUT2D eigenvalue weighted by Gasteiger charge is -2.30. The summed E-state index contributed by atoms with van der Waals surface area (Å²) >= 11 is 0. The van der Waals surface area contributed by atoms with Gasteiger partial charge in [0, 0.05) is 10.8 Å². The van der Waals surface area contributed by atoms with Gasteiger partial charge in [-0.2, -0.15) is 0 Å². The van der Waals surface area contributed by atoms with E-state index in [1.165, 1.54) is 49.6 Å². The molecular formula is C34H23N3. The molecule has 2 aliphatic rings. The molecule has 2 aliphatic heterocycles. The number of anilines is 3. The fraction of sp³-hybridized carbons (Fsp3) is 0.0294. The van der Waals surface area contributed by atoms with Crippen LogP contribution in [-0.2, 0) is 6.54 Å². The number of nitrogens with zero attached hydrogens (tertiary/aromatic N) is 3. The minimum Gasteiger partial charge on any atom is -0.305 e. The lowest BCUT2D eigenvalue weighted by molar-refractivity contribution is 0.986. The van der Waals surface area contributed by atoms with E-state index in [-0.39, 0.29) is 0 Å². The van der Waals surface area contributed by atoms with Gasteiger partial charge < -0.3 is 4.90 Å². The van der Waals surface area contributed by atoms with E-state index in [0.29, 0.717) is 0 Å². The number of hydrogen-bond donors (Lipinski definition) is 0. The van der Waals surface area contributed by atoms with Crippen LogP contribution in [0.2, 0.25) is 0 Å². The van der Waals surface area contributed by atoms with Gasteiger partial charge in [0.15, 0.2) is 0 Å². The van der Waals surface area contributed by atoms with Crippen molar-refractivity contribution in [1.82, 2.24) is 0 Å². The van der Waals surface area contributed by atoms with Crippen LogP contribution in [0.25, 0.3) is 32.7 Å². The smallest absolute Gasteiger partial charge is 0.216 e. The second-order valence-corrected chi connectivity index (χ2v) is 9.63. The molecule has 0 amide bonds. The average Bonchev–Trinajstić information content (AvgIpc) is 3.28. The van der Waals surface area contributed by atoms with E-state index in [4.69, 9.17) is 4.99 Å². The molecule has 0 atom stereocenters. The summed E-state index contributed by atoms with van der Waals surface area (Å²) < 4.78 is 0. The van der Waals surface area contributed by atoms with Crippen molar-refractivity contribution in [3.63, 3.8) is 0 Å². The second-order valence-electron chi connectivity index (χ2n) is 9.63. The van der Waals surface area contributed by atoms with Crippen LogP contribution in [0, 0.1) is 0 Å². The van der Waals surface area contributed by atoms with Crippen molar-refractivity contribution < 1.29 is 0 Å². The number of aliphatic imine (C=N–C) groups is 1. The first-order chi connectivity index (χ1) is 18.4. The molecule has 0 aromatic heterocycles. The predicted octanol–water partition coefficient (Wildman–Crippen LogP) is 8.82. The van der Waals surface area contributed by atoms with Gasteiger partial charge in [-0.25, -0.2) is 4.99 Å². The first kappa shape index (κ1) is 20.3. The third-order valence-corrected chi connectivity index (χ3v) is 7.58. The lowest BCUT2D eigenvalue weighted by Crippen LogP contribution is -2.37. The van der Waals surface area contributed by atoms with Crippen LogP contribution in [-0.4, -0.2) is 5.96 Å². The summed E-state index contributed by atoms with van der Waals surface area (Å²) in [5, 5.41) is 4.93. The van der Waals surface area contributed by atoms with E-state index in [0.717, 1.165) is 23.9 Å². The molecule has 0 aliphatic carbocycles. The Labute approximate surface area is 215 Å². The summed E-state index contributed by atoms with van der Waals surface area (Å²) in [4.78, 5) is 9.98. The van der Waals surface area contributed by atoms with Crippen molar-refractivity contribution in [3.05, 3.63) is 133 Å². The van der Waals surface area contributed by atoms with Crippen LogP contribution in [0.4, 0.5) is 22.7 Å². The highest BCUT2D eigenvalue weighted by molar-refractivity contribution is 6.30. The average molecular weight is 474 g/mol. The molecule has 174 valence electrons. The largest absolute Gasteiger partial charge is 0.305 e. The molecule has 37 heavy (non-hydrogen) atoms. The van der Waals surface area contributed by atoms with Gasteiger partial charge in [0.1, 0.15) is 0 Å². The molecule has 3 heteroatoms. The van der Waals surface area contributed by atoms with Gasteiger partial charge >= 0.3 is 0 Å². The zero-order chi connectivity index (χ0) is 24.3. The van der Waals surface area contributed by atoms with Gasteiger partial charge in [-0.15, -0.1) is 0 Å². The Morgan fingerprint density at radius 2 is 1.08 bits per heavy atom. The van der Waals surface area contributed by atoms with E-state index in [9.17, 15) is 0 Å². The quantitative estimate of drug-likeness (QED) is 0.234. The maximum atomic E-state index is 5.24. The van der Waals surface area contributed by atoms with E-state index >= 15 is 0 Å². The molecule has 6 aromatic carbocycles. The molecule has 8 rings (SSSR count). The predicted molar refractivity (Wildman–Crippen MR) is 155 cm³/mol. The summed E-state index contributed by atoms with van der Waals surface area (Å²) in [5.41, 5.74) is 8.33. The zero-order valence-corrected chi connectivity index (χ0v) is 20.2. The second kappa shape index (κ2) is 7.81. The zero-order valence-electron chi connectivity index (χ0n) is 20.2. The third kappa shape index (κ3) is 2.91. The Kier molecular flexibility index (Phi) is 4.29. The summed E-state index contributed by atoms with van der Waals surface area (Å²) in [5.74, 6) is 0.961. The number of hydrogen-bond acceptors (Lipinski definition) is 3. The number of benzene rings is 6. The molecule has 0 unspecified atom stereocenters. The van der Waals surface area contributed by atoms with Crippen LogP contribution in [0.5, 0.6) is 0 Å². The van der Waals surface area contributed by atoms with Crippen molar-refractivity contribution in [2.24, 2.45) is 4.99 Å². The summed E-state index contributed by atoms with van der Waals surface area (Å²) in [6.45, 7) is 0.806. The Morgan fingerprint density at radius 1 is 0.514 bits per heavy atom. The van der Waals surface area contributed by atoms with Crippen molar-refractivity contribution in [2.45, 2.75) is 6.54 Å². The van der Waals surface area contributed by atoms with Crippen molar-refractivity contribution in [2.75, 3.05) is 9.80 Å². The molecule has 0 saturated heterocycles. The molecule has 2 heterocycles. The fourth-order valence-corrected chi connectivity index (χ4v) is 6.00. The number of fused-ring (bicyclic) bond motifs is 6. The first-order valence-electron chi connectivity index (χ1n) is 12.7. The third-order valence-electron chi connectivity index (χ3n) is 7.58. The minimum atomic E-state index is 0.806. The standard InChI is InChI=1S/C34H23N3/c1-2-12-23(13-3-1)32-25-15-5-7-17-27(25)33(28-18-8-6-16-26(28)32)37-31-21-11-10-20-30(31)36-22-24-14-4-9-19-29(24)35-34(36)37/h1-21H,22H2. The van der Waals surface area contributed by atoms with Gasteiger partial charge in [-0.05, 0) is 45.7 Å². The minimum absolute atomic E-state index is 0.806. The molecule has 6 aromatic rings.